The van der Waals surface area contributed by atoms with Gasteiger partial charge in [-0.1, -0.05) is 50.2 Å². The number of fused-ring (bicyclic) bond motifs is 1. The molecule has 0 spiro atoms. The summed E-state index contributed by atoms with van der Waals surface area (Å²) >= 11 is 0. The Bertz CT molecular complexity index is 1360. The number of aromatic amines is 1. The van der Waals surface area contributed by atoms with E-state index < -0.39 is 0 Å². The quantitative estimate of drug-likeness (QED) is 0.315. The topological polar surface area (TPSA) is 80.3 Å². The van der Waals surface area contributed by atoms with Crippen LogP contribution in [0.5, 0.6) is 5.75 Å². The van der Waals surface area contributed by atoms with E-state index in [0.29, 0.717) is 38.1 Å². The highest BCUT2D eigenvalue weighted by molar-refractivity contribution is 5.90. The van der Waals surface area contributed by atoms with Gasteiger partial charge in [0.2, 0.25) is 0 Å². The number of hydrogen-bond donors (Lipinski definition) is 1. The van der Waals surface area contributed by atoms with Crippen molar-refractivity contribution in [3.63, 3.8) is 0 Å². The summed E-state index contributed by atoms with van der Waals surface area (Å²) in [7, 11) is 0. The van der Waals surface area contributed by atoms with E-state index >= 15 is 0 Å². The minimum Gasteiger partial charge on any atom is -0.492 e. The highest BCUT2D eigenvalue weighted by Gasteiger charge is 2.24. The molecule has 2 aromatic heterocycles. The molecule has 1 N–H and O–H groups in total. The summed E-state index contributed by atoms with van der Waals surface area (Å²) < 4.78 is 11.6. The van der Waals surface area contributed by atoms with E-state index in [-0.39, 0.29) is 6.09 Å². The van der Waals surface area contributed by atoms with Crippen LogP contribution in [0.15, 0.2) is 60.8 Å². The summed E-state index contributed by atoms with van der Waals surface area (Å²) in [4.78, 5) is 18.9. The first-order chi connectivity index (χ1) is 18.0. The third-order valence-corrected chi connectivity index (χ3v) is 6.86. The van der Waals surface area contributed by atoms with Crippen molar-refractivity contribution in [2.24, 2.45) is 11.8 Å². The number of likely N-dealkylation sites (tertiary alicyclic amines) is 1. The Hall–Kier alpha value is -3.87. The van der Waals surface area contributed by atoms with Gasteiger partial charge in [0.15, 0.2) is 0 Å². The van der Waals surface area contributed by atoms with Gasteiger partial charge in [0.25, 0.3) is 0 Å². The van der Waals surface area contributed by atoms with Gasteiger partial charge in [0.1, 0.15) is 5.75 Å². The van der Waals surface area contributed by atoms with Crippen LogP contribution in [0, 0.1) is 18.8 Å². The molecule has 0 atom stereocenters. The SMILES string of the molecule is Cc1[nH]nc2ccc(-c3cc(OCC4CCN(C(=O)OCC(C)C)CC4)cnc3-c3ccccc3)cc12. The Morgan fingerprint density at radius 2 is 1.86 bits per heavy atom. The van der Waals surface area contributed by atoms with Crippen LogP contribution in [0.4, 0.5) is 4.79 Å². The summed E-state index contributed by atoms with van der Waals surface area (Å²) in [5.74, 6) is 1.47. The van der Waals surface area contributed by atoms with Crippen molar-refractivity contribution in [3.8, 4) is 28.1 Å². The number of carbonyl (C=O) groups excluding carboxylic acids is 1. The molecule has 2 aromatic carbocycles. The lowest BCUT2D eigenvalue weighted by Crippen LogP contribution is -2.40. The third-order valence-electron chi connectivity index (χ3n) is 6.86. The van der Waals surface area contributed by atoms with Gasteiger partial charge >= 0.3 is 6.09 Å². The number of H-pyrrole nitrogens is 1. The Morgan fingerprint density at radius 1 is 1.08 bits per heavy atom. The smallest absolute Gasteiger partial charge is 0.409 e. The minimum absolute atomic E-state index is 0.205. The molecule has 1 aliphatic heterocycles. The average molecular weight is 499 g/mol. The zero-order chi connectivity index (χ0) is 25.8. The predicted molar refractivity (Wildman–Crippen MR) is 145 cm³/mol. The molecule has 5 rings (SSSR count). The summed E-state index contributed by atoms with van der Waals surface area (Å²) in [6, 6.07) is 18.6. The van der Waals surface area contributed by atoms with Gasteiger partial charge in [-0.05, 0) is 55.4 Å². The van der Waals surface area contributed by atoms with Crippen molar-refractivity contribution in [1.29, 1.82) is 0 Å². The largest absolute Gasteiger partial charge is 0.492 e. The van der Waals surface area contributed by atoms with E-state index in [4.69, 9.17) is 14.5 Å². The lowest BCUT2D eigenvalue weighted by molar-refractivity contribution is 0.0733. The molecule has 4 aromatic rings. The maximum Gasteiger partial charge on any atom is 0.409 e. The van der Waals surface area contributed by atoms with Crippen LogP contribution in [-0.2, 0) is 4.74 Å². The standard InChI is InChI=1S/C30H34N4O3/c1-20(2)18-37-30(35)34-13-11-22(12-14-34)19-36-25-16-27(29(31-17-25)23-7-5-4-6-8-23)24-9-10-28-26(15-24)21(3)32-33-28/h4-10,15-17,20,22H,11-14,18-19H2,1-3H3,(H,32,33). The summed E-state index contributed by atoms with van der Waals surface area (Å²) in [6.45, 7) is 8.58. The number of benzene rings is 2. The normalized spacial score (nSPS) is 14.3. The van der Waals surface area contributed by atoms with Crippen LogP contribution in [0.1, 0.15) is 32.4 Å². The number of piperidine rings is 1. The predicted octanol–water partition coefficient (Wildman–Crippen LogP) is 6.48. The zero-order valence-corrected chi connectivity index (χ0v) is 21.7. The molecule has 0 unspecified atom stereocenters. The molecule has 0 bridgehead atoms. The number of aromatic nitrogens is 3. The second-order valence-electron chi connectivity index (χ2n) is 10.2. The fourth-order valence-corrected chi connectivity index (χ4v) is 4.70. The van der Waals surface area contributed by atoms with Crippen molar-refractivity contribution in [3.05, 3.63) is 66.5 Å². The van der Waals surface area contributed by atoms with Gasteiger partial charge < -0.3 is 14.4 Å². The number of ether oxygens (including phenoxy) is 2. The molecule has 1 fully saturated rings. The van der Waals surface area contributed by atoms with Crippen LogP contribution in [0.2, 0.25) is 0 Å². The van der Waals surface area contributed by atoms with E-state index in [2.05, 4.69) is 40.5 Å². The van der Waals surface area contributed by atoms with Crippen LogP contribution in [0.3, 0.4) is 0 Å². The molecule has 0 aliphatic carbocycles. The van der Waals surface area contributed by atoms with Crippen molar-refractivity contribution in [2.75, 3.05) is 26.3 Å². The van der Waals surface area contributed by atoms with Crippen molar-refractivity contribution in [1.82, 2.24) is 20.1 Å². The van der Waals surface area contributed by atoms with Crippen molar-refractivity contribution < 1.29 is 14.3 Å². The molecule has 1 saturated heterocycles. The number of nitrogens with one attached hydrogen (secondary N) is 1. The maximum absolute atomic E-state index is 12.3. The Labute approximate surface area is 217 Å². The molecule has 3 heterocycles. The molecule has 7 nitrogen and oxygen atoms in total. The first-order valence-corrected chi connectivity index (χ1v) is 13.0. The first kappa shape index (κ1) is 24.8. The fraction of sp³-hybridized carbons (Fsp3) is 0.367. The number of carbonyl (C=O) groups is 1. The summed E-state index contributed by atoms with van der Waals surface area (Å²) in [5.41, 5.74) is 6.06. The highest BCUT2D eigenvalue weighted by Crippen LogP contribution is 2.35. The van der Waals surface area contributed by atoms with E-state index in [1.807, 2.05) is 51.2 Å². The van der Waals surface area contributed by atoms with Crippen molar-refractivity contribution >= 4 is 17.0 Å². The maximum atomic E-state index is 12.3. The van der Waals surface area contributed by atoms with Gasteiger partial charge in [0.05, 0.1) is 30.6 Å². The lowest BCUT2D eigenvalue weighted by Gasteiger charge is -2.31. The summed E-state index contributed by atoms with van der Waals surface area (Å²) in [5, 5.41) is 8.54. The van der Waals surface area contributed by atoms with Crippen LogP contribution in [0.25, 0.3) is 33.3 Å². The second kappa shape index (κ2) is 11.0. The molecular formula is C30H34N4O3. The number of pyridine rings is 1. The number of aryl methyl sites for hydroxylation is 1. The Balaban J connectivity index is 1.31. The molecular weight excluding hydrogens is 464 g/mol. The molecule has 0 saturated carbocycles. The molecule has 0 radical (unpaired) electrons. The van der Waals surface area contributed by atoms with Gasteiger partial charge in [-0.2, -0.15) is 5.10 Å². The summed E-state index contributed by atoms with van der Waals surface area (Å²) in [6.07, 6.45) is 3.40. The Kier molecular flexibility index (Phi) is 7.40. The van der Waals surface area contributed by atoms with E-state index in [9.17, 15) is 4.79 Å². The van der Waals surface area contributed by atoms with Gasteiger partial charge in [-0.25, -0.2) is 4.79 Å². The fourth-order valence-electron chi connectivity index (χ4n) is 4.70. The number of nitrogens with zero attached hydrogens (tertiary/aromatic N) is 3. The molecule has 192 valence electrons. The highest BCUT2D eigenvalue weighted by atomic mass is 16.6. The number of rotatable bonds is 7. The average Bonchev–Trinajstić information content (AvgIpc) is 3.31. The zero-order valence-electron chi connectivity index (χ0n) is 21.7. The number of hydrogen-bond acceptors (Lipinski definition) is 5. The van der Waals surface area contributed by atoms with Crippen LogP contribution >= 0.6 is 0 Å². The van der Waals surface area contributed by atoms with Crippen molar-refractivity contribution in [2.45, 2.75) is 33.6 Å². The Morgan fingerprint density at radius 3 is 2.62 bits per heavy atom. The minimum atomic E-state index is -0.205. The van der Waals surface area contributed by atoms with E-state index in [0.717, 1.165) is 57.6 Å². The van der Waals surface area contributed by atoms with Crippen LogP contribution in [-0.4, -0.2) is 52.5 Å². The van der Waals surface area contributed by atoms with Gasteiger partial charge in [-0.15, -0.1) is 0 Å². The van der Waals surface area contributed by atoms with E-state index in [1.165, 1.54) is 0 Å². The third kappa shape index (κ3) is 5.77. The number of amides is 1. The van der Waals surface area contributed by atoms with E-state index in [1.54, 1.807) is 4.90 Å². The monoisotopic (exact) mass is 498 g/mol. The molecule has 37 heavy (non-hydrogen) atoms. The van der Waals surface area contributed by atoms with Crippen LogP contribution < -0.4 is 4.74 Å². The molecule has 1 amide bonds. The van der Waals surface area contributed by atoms with Gasteiger partial charge in [0, 0.05) is 35.3 Å². The molecule has 1 aliphatic rings. The van der Waals surface area contributed by atoms with Gasteiger partial charge in [-0.3, -0.25) is 10.1 Å². The second-order valence-corrected chi connectivity index (χ2v) is 10.2. The first-order valence-electron chi connectivity index (χ1n) is 13.0. The lowest BCUT2D eigenvalue weighted by atomic mass is 9.97. The molecule has 7 heteroatoms.